The molecule has 5 heteroatoms. The molecule has 0 amide bonds. The van der Waals surface area contributed by atoms with Gasteiger partial charge in [0.15, 0.2) is 0 Å². The maximum absolute atomic E-state index is 11.9. The third-order valence-corrected chi connectivity index (χ3v) is 3.87. The predicted molar refractivity (Wildman–Crippen MR) is 96.3 cm³/mol. The summed E-state index contributed by atoms with van der Waals surface area (Å²) in [6.45, 7) is 2.22. The third kappa shape index (κ3) is 3.71. The van der Waals surface area contributed by atoms with Crippen molar-refractivity contribution in [2.75, 3.05) is 13.7 Å². The number of aromatic nitrogens is 2. The van der Waals surface area contributed by atoms with Crippen molar-refractivity contribution in [1.82, 2.24) is 9.78 Å². The second-order valence-electron chi connectivity index (χ2n) is 5.46. The minimum Gasteiger partial charge on any atom is -0.497 e. The molecule has 0 unspecified atom stereocenters. The molecular formula is C20H20N2O3. The van der Waals surface area contributed by atoms with Gasteiger partial charge in [0.05, 0.1) is 25.6 Å². The number of rotatable bonds is 6. The summed E-state index contributed by atoms with van der Waals surface area (Å²) < 4.78 is 12.0. The van der Waals surface area contributed by atoms with Gasteiger partial charge >= 0.3 is 5.97 Å². The summed E-state index contributed by atoms with van der Waals surface area (Å²) >= 11 is 0. The van der Waals surface area contributed by atoms with E-state index in [9.17, 15) is 4.79 Å². The maximum atomic E-state index is 11.9. The Morgan fingerprint density at radius 2 is 1.76 bits per heavy atom. The Hall–Kier alpha value is -3.08. The van der Waals surface area contributed by atoms with Gasteiger partial charge in [-0.3, -0.25) is 9.48 Å². The van der Waals surface area contributed by atoms with E-state index in [1.807, 2.05) is 54.6 Å². The van der Waals surface area contributed by atoms with E-state index >= 15 is 0 Å². The third-order valence-electron chi connectivity index (χ3n) is 3.87. The number of carbonyl (C=O) groups excluding carboxylic acids is 1. The van der Waals surface area contributed by atoms with Crippen LogP contribution >= 0.6 is 0 Å². The minimum atomic E-state index is -0.302. The van der Waals surface area contributed by atoms with E-state index in [4.69, 9.17) is 9.47 Å². The van der Waals surface area contributed by atoms with Crippen LogP contribution in [0.4, 0.5) is 0 Å². The summed E-state index contributed by atoms with van der Waals surface area (Å²) in [5.41, 5.74) is 3.85. The summed E-state index contributed by atoms with van der Waals surface area (Å²) in [6.07, 6.45) is 1.78. The highest BCUT2D eigenvalue weighted by molar-refractivity contribution is 5.82. The van der Waals surface area contributed by atoms with Crippen LogP contribution in [0.3, 0.4) is 0 Å². The Labute approximate surface area is 146 Å². The molecule has 2 aromatic carbocycles. The average molecular weight is 336 g/mol. The summed E-state index contributed by atoms with van der Waals surface area (Å²) in [5, 5.41) is 4.42. The second kappa shape index (κ2) is 7.66. The van der Waals surface area contributed by atoms with E-state index in [-0.39, 0.29) is 12.5 Å². The molecule has 0 aliphatic rings. The van der Waals surface area contributed by atoms with Crippen molar-refractivity contribution < 1.29 is 14.3 Å². The number of esters is 1. The van der Waals surface area contributed by atoms with Crippen LogP contribution in [0.5, 0.6) is 5.75 Å². The summed E-state index contributed by atoms with van der Waals surface area (Å²) in [4.78, 5) is 11.9. The van der Waals surface area contributed by atoms with Crippen LogP contribution in [0.2, 0.25) is 0 Å². The Morgan fingerprint density at radius 1 is 1.04 bits per heavy atom. The standard InChI is InChI=1S/C20H20N2O3/c1-3-25-19(23)14-22-20(16-7-5-4-6-8-16)18(13-21-22)15-9-11-17(24-2)12-10-15/h4-13H,3,14H2,1-2H3. The zero-order chi connectivity index (χ0) is 17.6. The van der Waals surface area contributed by atoms with Gasteiger partial charge in [0.2, 0.25) is 0 Å². The molecule has 0 aliphatic carbocycles. The van der Waals surface area contributed by atoms with E-state index in [1.54, 1.807) is 24.9 Å². The lowest BCUT2D eigenvalue weighted by molar-refractivity contribution is -0.144. The largest absolute Gasteiger partial charge is 0.497 e. The number of hydrogen-bond donors (Lipinski definition) is 0. The fraction of sp³-hybridized carbons (Fsp3) is 0.200. The molecule has 128 valence electrons. The highest BCUT2D eigenvalue weighted by Gasteiger charge is 2.17. The zero-order valence-electron chi connectivity index (χ0n) is 14.3. The van der Waals surface area contributed by atoms with Gasteiger partial charge in [0.25, 0.3) is 0 Å². The first kappa shape index (κ1) is 16.8. The van der Waals surface area contributed by atoms with E-state index in [2.05, 4.69) is 5.10 Å². The second-order valence-corrected chi connectivity index (χ2v) is 5.46. The highest BCUT2D eigenvalue weighted by Crippen LogP contribution is 2.33. The van der Waals surface area contributed by atoms with Gasteiger partial charge in [-0.05, 0) is 24.6 Å². The van der Waals surface area contributed by atoms with Gasteiger partial charge in [-0.25, -0.2) is 0 Å². The number of hydrogen-bond acceptors (Lipinski definition) is 4. The molecule has 0 spiro atoms. The van der Waals surface area contributed by atoms with Gasteiger partial charge in [-0.15, -0.1) is 0 Å². The number of nitrogens with zero attached hydrogens (tertiary/aromatic N) is 2. The van der Waals surface area contributed by atoms with Crippen molar-refractivity contribution in [3.05, 3.63) is 60.8 Å². The van der Waals surface area contributed by atoms with Crippen LogP contribution in [-0.2, 0) is 16.1 Å². The lowest BCUT2D eigenvalue weighted by Crippen LogP contribution is -2.15. The Kier molecular flexibility index (Phi) is 5.14. The maximum Gasteiger partial charge on any atom is 0.327 e. The molecule has 3 aromatic rings. The first-order valence-corrected chi connectivity index (χ1v) is 8.14. The minimum absolute atomic E-state index is 0.0776. The van der Waals surface area contributed by atoms with Crippen molar-refractivity contribution in [2.24, 2.45) is 0 Å². The Balaban J connectivity index is 2.05. The van der Waals surface area contributed by atoms with Crippen molar-refractivity contribution in [2.45, 2.75) is 13.5 Å². The van der Waals surface area contributed by atoms with Gasteiger partial charge in [-0.2, -0.15) is 5.10 Å². The quantitative estimate of drug-likeness (QED) is 0.643. The van der Waals surface area contributed by atoms with E-state index in [0.29, 0.717) is 6.61 Å². The lowest BCUT2D eigenvalue weighted by atomic mass is 10.0. The fourth-order valence-electron chi connectivity index (χ4n) is 2.72. The number of methoxy groups -OCH3 is 1. The van der Waals surface area contributed by atoms with Crippen LogP contribution < -0.4 is 4.74 Å². The normalized spacial score (nSPS) is 10.5. The molecule has 0 aliphatic heterocycles. The van der Waals surface area contributed by atoms with Crippen molar-refractivity contribution in [1.29, 1.82) is 0 Å². The van der Waals surface area contributed by atoms with Gasteiger partial charge < -0.3 is 9.47 Å². The Bertz CT molecular complexity index is 839. The van der Waals surface area contributed by atoms with Crippen LogP contribution in [0.1, 0.15) is 6.92 Å². The molecule has 25 heavy (non-hydrogen) atoms. The molecule has 0 atom stereocenters. The fourth-order valence-corrected chi connectivity index (χ4v) is 2.72. The van der Waals surface area contributed by atoms with Gasteiger partial charge in [-0.1, -0.05) is 42.5 Å². The van der Waals surface area contributed by atoms with Gasteiger partial charge in [0.1, 0.15) is 12.3 Å². The lowest BCUT2D eigenvalue weighted by Gasteiger charge is -2.10. The van der Waals surface area contributed by atoms with Crippen molar-refractivity contribution in [3.63, 3.8) is 0 Å². The number of benzene rings is 2. The topological polar surface area (TPSA) is 53.4 Å². The average Bonchev–Trinajstić information content (AvgIpc) is 3.06. The van der Waals surface area contributed by atoms with E-state index in [1.165, 1.54) is 0 Å². The van der Waals surface area contributed by atoms with Crippen LogP contribution in [-0.4, -0.2) is 29.5 Å². The molecule has 1 aromatic heterocycles. The molecule has 0 bridgehead atoms. The van der Waals surface area contributed by atoms with E-state index in [0.717, 1.165) is 28.1 Å². The zero-order valence-corrected chi connectivity index (χ0v) is 14.3. The first-order valence-electron chi connectivity index (χ1n) is 8.14. The smallest absolute Gasteiger partial charge is 0.327 e. The molecular weight excluding hydrogens is 316 g/mol. The summed E-state index contributed by atoms with van der Waals surface area (Å²) in [7, 11) is 1.64. The SMILES string of the molecule is CCOC(=O)Cn1ncc(-c2ccc(OC)cc2)c1-c1ccccc1. The molecule has 0 N–H and O–H groups in total. The highest BCUT2D eigenvalue weighted by atomic mass is 16.5. The van der Waals surface area contributed by atoms with Crippen molar-refractivity contribution >= 4 is 5.97 Å². The number of carbonyl (C=O) groups is 1. The van der Waals surface area contributed by atoms with Crippen LogP contribution in [0, 0.1) is 0 Å². The van der Waals surface area contributed by atoms with Gasteiger partial charge in [0, 0.05) is 11.1 Å². The summed E-state index contributed by atoms with van der Waals surface area (Å²) in [5.74, 6) is 0.494. The monoisotopic (exact) mass is 336 g/mol. The molecule has 0 saturated heterocycles. The van der Waals surface area contributed by atoms with Crippen LogP contribution in [0.15, 0.2) is 60.8 Å². The molecule has 0 fully saturated rings. The van der Waals surface area contributed by atoms with E-state index < -0.39 is 0 Å². The predicted octanol–water partition coefficient (Wildman–Crippen LogP) is 3.79. The summed E-state index contributed by atoms with van der Waals surface area (Å²) in [6, 6.07) is 17.7. The van der Waals surface area contributed by atoms with Crippen LogP contribution in [0.25, 0.3) is 22.4 Å². The molecule has 1 heterocycles. The molecule has 0 radical (unpaired) electrons. The molecule has 0 saturated carbocycles. The molecule has 5 nitrogen and oxygen atoms in total. The Morgan fingerprint density at radius 3 is 2.40 bits per heavy atom. The number of ether oxygens (including phenoxy) is 2. The van der Waals surface area contributed by atoms with Crippen molar-refractivity contribution in [3.8, 4) is 28.1 Å². The molecule has 3 rings (SSSR count). The first-order chi connectivity index (χ1) is 12.2.